The fraction of sp³-hybridized carbons (Fsp3) is 0.533. The summed E-state index contributed by atoms with van der Waals surface area (Å²) in [5, 5.41) is 0. The van der Waals surface area contributed by atoms with Crippen molar-refractivity contribution >= 4 is 28.4 Å². The molecule has 0 aliphatic carbocycles. The Hall–Kier alpha value is -1.35. The first-order chi connectivity index (χ1) is 11.0. The number of rotatable bonds is 5. The number of piperidine rings is 1. The second-order valence-electron chi connectivity index (χ2n) is 5.35. The van der Waals surface area contributed by atoms with Gasteiger partial charge in [-0.1, -0.05) is 6.42 Å². The molecule has 136 valence electrons. The summed E-state index contributed by atoms with van der Waals surface area (Å²) in [6.07, 6.45) is 2.54. The number of nitrogens with zero attached hydrogens (tertiary/aromatic N) is 1. The molecule has 2 rings (SSSR count). The first kappa shape index (κ1) is 20.7. The van der Waals surface area contributed by atoms with E-state index in [0.29, 0.717) is 6.54 Å². The van der Waals surface area contributed by atoms with Crippen molar-refractivity contribution in [3.8, 4) is 5.75 Å². The normalized spacial score (nSPS) is 18.5. The first-order valence-corrected chi connectivity index (χ1v) is 8.88. The molecule has 2 N–H and O–H groups in total. The average molecular weight is 379 g/mol. The van der Waals surface area contributed by atoms with Crippen LogP contribution >= 0.6 is 12.4 Å². The van der Waals surface area contributed by atoms with Crippen LogP contribution in [0.15, 0.2) is 23.1 Å². The molecule has 0 amide bonds. The Bertz CT molecular complexity index is 680. The van der Waals surface area contributed by atoms with Gasteiger partial charge in [0.1, 0.15) is 11.3 Å². The molecule has 1 aromatic rings. The van der Waals surface area contributed by atoms with E-state index in [1.807, 2.05) is 0 Å². The molecule has 1 fully saturated rings. The van der Waals surface area contributed by atoms with Gasteiger partial charge in [-0.2, -0.15) is 4.31 Å². The van der Waals surface area contributed by atoms with Crippen LogP contribution in [0, 0.1) is 0 Å². The van der Waals surface area contributed by atoms with E-state index < -0.39 is 16.0 Å². The molecule has 9 heteroatoms. The summed E-state index contributed by atoms with van der Waals surface area (Å²) in [5.74, 6) is -0.414. The lowest BCUT2D eigenvalue weighted by molar-refractivity contribution is 0.0597. The monoisotopic (exact) mass is 378 g/mol. The van der Waals surface area contributed by atoms with Gasteiger partial charge in [-0.15, -0.1) is 12.4 Å². The number of sulfonamides is 1. The number of carbonyl (C=O) groups is 1. The van der Waals surface area contributed by atoms with E-state index in [9.17, 15) is 13.2 Å². The van der Waals surface area contributed by atoms with Gasteiger partial charge in [0.2, 0.25) is 10.0 Å². The lowest BCUT2D eigenvalue weighted by Crippen LogP contribution is -2.47. The molecule has 1 saturated heterocycles. The zero-order chi connectivity index (χ0) is 17.0. The zero-order valence-electron chi connectivity index (χ0n) is 13.7. The zero-order valence-corrected chi connectivity index (χ0v) is 15.4. The summed E-state index contributed by atoms with van der Waals surface area (Å²) < 4.78 is 37.0. The van der Waals surface area contributed by atoms with Gasteiger partial charge >= 0.3 is 5.97 Å². The molecule has 1 unspecified atom stereocenters. The smallest absolute Gasteiger partial charge is 0.341 e. The second-order valence-corrected chi connectivity index (χ2v) is 7.25. The number of nitrogens with two attached hydrogens (primary N) is 1. The fourth-order valence-corrected chi connectivity index (χ4v) is 4.49. The number of methoxy groups -OCH3 is 2. The van der Waals surface area contributed by atoms with Crippen molar-refractivity contribution in [3.63, 3.8) is 0 Å². The third-order valence-corrected chi connectivity index (χ3v) is 5.98. The van der Waals surface area contributed by atoms with E-state index in [1.165, 1.54) is 36.7 Å². The summed E-state index contributed by atoms with van der Waals surface area (Å²) >= 11 is 0. The highest BCUT2D eigenvalue weighted by atomic mass is 35.5. The summed E-state index contributed by atoms with van der Waals surface area (Å²) in [4.78, 5) is 11.8. The van der Waals surface area contributed by atoms with Crippen molar-refractivity contribution in [2.45, 2.75) is 30.2 Å². The van der Waals surface area contributed by atoms with Crippen molar-refractivity contribution in [1.82, 2.24) is 4.31 Å². The summed E-state index contributed by atoms with van der Waals surface area (Å²) in [6, 6.07) is 3.95. The minimum absolute atomic E-state index is 0. The van der Waals surface area contributed by atoms with Crippen molar-refractivity contribution in [2.75, 3.05) is 27.3 Å². The van der Waals surface area contributed by atoms with Gasteiger partial charge in [0, 0.05) is 25.2 Å². The van der Waals surface area contributed by atoms with Crippen molar-refractivity contribution in [3.05, 3.63) is 23.8 Å². The van der Waals surface area contributed by atoms with Crippen LogP contribution in [0.5, 0.6) is 5.75 Å². The van der Waals surface area contributed by atoms with E-state index in [4.69, 9.17) is 10.5 Å². The molecule has 1 aromatic carbocycles. The fourth-order valence-electron chi connectivity index (χ4n) is 2.77. The number of benzene rings is 1. The van der Waals surface area contributed by atoms with E-state index in [1.54, 1.807) is 0 Å². The van der Waals surface area contributed by atoms with Crippen LogP contribution in [0.2, 0.25) is 0 Å². The highest BCUT2D eigenvalue weighted by Crippen LogP contribution is 2.29. The van der Waals surface area contributed by atoms with E-state index >= 15 is 0 Å². The predicted molar refractivity (Wildman–Crippen MR) is 92.2 cm³/mol. The van der Waals surface area contributed by atoms with Crippen LogP contribution in [0.4, 0.5) is 0 Å². The van der Waals surface area contributed by atoms with Gasteiger partial charge in [0.15, 0.2) is 0 Å². The summed E-state index contributed by atoms with van der Waals surface area (Å²) in [7, 11) is -1.05. The standard InChI is InChI=1S/C15H22N2O5S.ClH/c1-21-14-9-12(6-7-13(14)15(18)22-2)23(19,20)17-8-4-3-5-11(17)10-16;/h6-7,9,11H,3-5,8,10,16H2,1-2H3;1H. The molecule has 1 aliphatic heterocycles. The number of hydrogen-bond donors (Lipinski definition) is 1. The Balaban J connectivity index is 0.00000288. The van der Waals surface area contributed by atoms with Crippen LogP contribution in [0.3, 0.4) is 0 Å². The lowest BCUT2D eigenvalue weighted by atomic mass is 10.1. The number of halogens is 1. The molecule has 24 heavy (non-hydrogen) atoms. The Morgan fingerprint density at radius 1 is 1.33 bits per heavy atom. The van der Waals surface area contributed by atoms with Gasteiger partial charge in [-0.25, -0.2) is 13.2 Å². The highest BCUT2D eigenvalue weighted by molar-refractivity contribution is 7.89. The van der Waals surface area contributed by atoms with Gasteiger partial charge in [0.05, 0.1) is 19.1 Å². The minimum Gasteiger partial charge on any atom is -0.496 e. The minimum atomic E-state index is -3.68. The number of esters is 1. The Morgan fingerprint density at radius 2 is 2.04 bits per heavy atom. The first-order valence-electron chi connectivity index (χ1n) is 7.44. The van der Waals surface area contributed by atoms with E-state index in [2.05, 4.69) is 4.74 Å². The average Bonchev–Trinajstić information content (AvgIpc) is 2.60. The maximum absolute atomic E-state index is 12.9. The molecule has 0 aromatic heterocycles. The number of hydrogen-bond acceptors (Lipinski definition) is 6. The highest BCUT2D eigenvalue weighted by Gasteiger charge is 2.33. The molecule has 7 nitrogen and oxygen atoms in total. The SMILES string of the molecule is COC(=O)c1ccc(S(=O)(=O)N2CCCCC2CN)cc1OC.Cl. The Morgan fingerprint density at radius 3 is 2.62 bits per heavy atom. The van der Waals surface area contributed by atoms with Gasteiger partial charge in [0.25, 0.3) is 0 Å². The Labute approximate surface area is 148 Å². The molecular weight excluding hydrogens is 356 g/mol. The molecule has 1 heterocycles. The van der Waals surface area contributed by atoms with Crippen LogP contribution in [0.1, 0.15) is 29.6 Å². The van der Waals surface area contributed by atoms with Crippen molar-refractivity contribution in [2.24, 2.45) is 5.73 Å². The van der Waals surface area contributed by atoms with Crippen LogP contribution in [-0.2, 0) is 14.8 Å². The molecule has 0 saturated carbocycles. The molecular formula is C15H23ClN2O5S. The number of ether oxygens (including phenoxy) is 2. The second kappa shape index (κ2) is 8.66. The maximum atomic E-state index is 12.9. The van der Waals surface area contributed by atoms with E-state index in [0.717, 1.165) is 19.3 Å². The lowest BCUT2D eigenvalue weighted by Gasteiger charge is -2.33. The largest absolute Gasteiger partial charge is 0.496 e. The molecule has 1 aliphatic rings. The van der Waals surface area contributed by atoms with Crippen molar-refractivity contribution in [1.29, 1.82) is 0 Å². The molecule has 0 radical (unpaired) electrons. The van der Waals surface area contributed by atoms with Crippen LogP contribution in [0.25, 0.3) is 0 Å². The third kappa shape index (κ3) is 4.00. The molecule has 0 bridgehead atoms. The Kier molecular flexibility index (Phi) is 7.47. The van der Waals surface area contributed by atoms with Gasteiger partial charge < -0.3 is 15.2 Å². The van der Waals surface area contributed by atoms with Gasteiger partial charge in [-0.3, -0.25) is 0 Å². The van der Waals surface area contributed by atoms with Crippen LogP contribution in [-0.4, -0.2) is 52.0 Å². The quantitative estimate of drug-likeness (QED) is 0.777. The predicted octanol–water partition coefficient (Wildman–Crippen LogP) is 1.41. The van der Waals surface area contributed by atoms with Crippen molar-refractivity contribution < 1.29 is 22.7 Å². The summed E-state index contributed by atoms with van der Waals surface area (Å²) in [6.45, 7) is 0.738. The number of carbonyl (C=O) groups excluding carboxylic acids is 1. The summed E-state index contributed by atoms with van der Waals surface area (Å²) in [5.41, 5.74) is 5.90. The van der Waals surface area contributed by atoms with Gasteiger partial charge in [-0.05, 0) is 25.0 Å². The molecule has 0 spiro atoms. The third-order valence-electron chi connectivity index (χ3n) is 4.03. The van der Waals surface area contributed by atoms with E-state index in [-0.39, 0.29) is 41.2 Å². The maximum Gasteiger partial charge on any atom is 0.341 e. The molecule has 1 atom stereocenters. The topological polar surface area (TPSA) is 98.9 Å². The van der Waals surface area contributed by atoms with Crippen LogP contribution < -0.4 is 10.5 Å².